The molecule has 0 atom stereocenters. The second-order valence-electron chi connectivity index (χ2n) is 14.3. The minimum Gasteiger partial charge on any atom is -0.456 e. The van der Waals surface area contributed by atoms with Crippen molar-refractivity contribution in [1.29, 1.82) is 0 Å². The molecule has 12 rings (SSSR count). The smallest absolute Gasteiger partial charge is 0.228 e. The minimum atomic E-state index is 0.570. The van der Waals surface area contributed by atoms with E-state index in [4.69, 9.17) is 18.2 Å². The number of nitrogens with zero attached hydrogens (tertiary/aromatic N) is 2. The predicted octanol–water partition coefficient (Wildman–Crippen LogP) is 14.7. The Morgan fingerprint density at radius 1 is 0.357 bits per heavy atom. The Hall–Kier alpha value is -7.63. The van der Waals surface area contributed by atoms with Crippen LogP contribution in [-0.4, -0.2) is 4.98 Å². The molecule has 0 radical (unpaired) electrons. The van der Waals surface area contributed by atoms with Gasteiger partial charge in [0.15, 0.2) is 5.58 Å². The molecule has 0 aliphatic carbocycles. The van der Waals surface area contributed by atoms with E-state index in [9.17, 15) is 0 Å². The first-order chi connectivity index (χ1) is 27.7. The summed E-state index contributed by atoms with van der Waals surface area (Å²) in [5.74, 6) is 0.570. The first-order valence-corrected chi connectivity index (χ1v) is 18.8. The molecule has 0 saturated carbocycles. The fraction of sp³-hybridized carbons (Fsp3) is 0. The third-order valence-electron chi connectivity index (χ3n) is 11.0. The number of hydrogen-bond acceptors (Lipinski definition) is 5. The highest BCUT2D eigenvalue weighted by Crippen LogP contribution is 2.44. The fourth-order valence-corrected chi connectivity index (χ4v) is 8.44. The molecule has 3 heterocycles. The summed E-state index contributed by atoms with van der Waals surface area (Å²) < 4.78 is 19.5. The highest BCUT2D eigenvalue weighted by molar-refractivity contribution is 6.19. The van der Waals surface area contributed by atoms with E-state index in [1.807, 2.05) is 30.3 Å². The summed E-state index contributed by atoms with van der Waals surface area (Å²) in [5, 5.41) is 8.76. The molecule has 0 N–H and O–H groups in total. The molecule has 0 spiro atoms. The van der Waals surface area contributed by atoms with Crippen molar-refractivity contribution in [3.05, 3.63) is 182 Å². The maximum absolute atomic E-state index is 6.66. The third-order valence-corrected chi connectivity index (χ3v) is 11.0. The van der Waals surface area contributed by atoms with Gasteiger partial charge in [0, 0.05) is 50.2 Å². The van der Waals surface area contributed by atoms with Crippen molar-refractivity contribution >= 4 is 93.6 Å². The third kappa shape index (κ3) is 4.78. The number of aromatic nitrogens is 1. The summed E-state index contributed by atoms with van der Waals surface area (Å²) in [4.78, 5) is 7.27. The molecule has 0 saturated heterocycles. The van der Waals surface area contributed by atoms with E-state index >= 15 is 0 Å². The van der Waals surface area contributed by atoms with E-state index in [1.54, 1.807) is 0 Å². The number of rotatable bonds is 5. The van der Waals surface area contributed by atoms with Gasteiger partial charge >= 0.3 is 0 Å². The van der Waals surface area contributed by atoms with Crippen LogP contribution in [0.5, 0.6) is 0 Å². The van der Waals surface area contributed by atoms with Gasteiger partial charge < -0.3 is 18.2 Å². The van der Waals surface area contributed by atoms with Crippen molar-refractivity contribution < 1.29 is 13.3 Å². The quantitative estimate of drug-likeness (QED) is 0.177. The van der Waals surface area contributed by atoms with Gasteiger partial charge in [0.1, 0.15) is 27.8 Å². The van der Waals surface area contributed by atoms with Gasteiger partial charge in [-0.2, -0.15) is 0 Å². The van der Waals surface area contributed by atoms with Crippen molar-refractivity contribution in [1.82, 2.24) is 4.98 Å². The Balaban J connectivity index is 1.05. The van der Waals surface area contributed by atoms with Crippen LogP contribution in [0.4, 0.5) is 17.1 Å². The van der Waals surface area contributed by atoms with Gasteiger partial charge in [0.05, 0.1) is 0 Å². The zero-order chi connectivity index (χ0) is 36.7. The maximum atomic E-state index is 6.66. The van der Waals surface area contributed by atoms with Crippen molar-refractivity contribution in [3.8, 4) is 22.6 Å². The van der Waals surface area contributed by atoms with Crippen LogP contribution in [0.25, 0.3) is 99.1 Å². The molecule has 56 heavy (non-hydrogen) atoms. The van der Waals surface area contributed by atoms with Crippen LogP contribution >= 0.6 is 0 Å². The zero-order valence-corrected chi connectivity index (χ0v) is 29.9. The molecule has 0 amide bonds. The molecular weight excluding hydrogens is 689 g/mol. The Bertz CT molecular complexity index is 3450. The lowest BCUT2D eigenvalue weighted by molar-refractivity contribution is 0.620. The van der Waals surface area contributed by atoms with Crippen LogP contribution in [0.3, 0.4) is 0 Å². The first kappa shape index (κ1) is 30.8. The molecule has 0 aliphatic heterocycles. The Morgan fingerprint density at radius 2 is 1.05 bits per heavy atom. The second-order valence-corrected chi connectivity index (χ2v) is 14.3. The topological polar surface area (TPSA) is 55.6 Å². The SMILES string of the molecule is c1ccc(-c2cccc(N(c3ccc4c(c3)oc3cccc(-c5nc6cc7ccccc7cc6o5)c34)c3ccc4oc5ccc6ccccc6c5c4c3)c2)cc1. The van der Waals surface area contributed by atoms with Crippen LogP contribution in [0, 0.1) is 0 Å². The van der Waals surface area contributed by atoms with Crippen LogP contribution in [0.15, 0.2) is 195 Å². The number of oxazole rings is 1. The lowest BCUT2D eigenvalue weighted by Crippen LogP contribution is -2.10. The molecule has 12 aromatic rings. The monoisotopic (exact) mass is 718 g/mol. The number of anilines is 3. The lowest BCUT2D eigenvalue weighted by Gasteiger charge is -2.26. The van der Waals surface area contributed by atoms with Gasteiger partial charge in [-0.25, -0.2) is 4.98 Å². The Morgan fingerprint density at radius 3 is 1.96 bits per heavy atom. The average Bonchev–Trinajstić information content (AvgIpc) is 3.96. The summed E-state index contributed by atoms with van der Waals surface area (Å²) in [6, 6.07) is 63.4. The summed E-state index contributed by atoms with van der Waals surface area (Å²) in [7, 11) is 0. The van der Waals surface area contributed by atoms with E-state index in [1.165, 1.54) is 10.8 Å². The molecule has 0 unspecified atom stereocenters. The molecule has 5 heteroatoms. The predicted molar refractivity (Wildman–Crippen MR) is 229 cm³/mol. The van der Waals surface area contributed by atoms with Crippen molar-refractivity contribution in [2.75, 3.05) is 4.90 Å². The van der Waals surface area contributed by atoms with Gasteiger partial charge in [-0.05, 0) is 105 Å². The van der Waals surface area contributed by atoms with E-state index in [2.05, 4.69) is 157 Å². The van der Waals surface area contributed by atoms with Crippen molar-refractivity contribution in [2.45, 2.75) is 0 Å². The first-order valence-electron chi connectivity index (χ1n) is 18.8. The molecular formula is C51H30N2O3. The number of hydrogen-bond donors (Lipinski definition) is 0. The van der Waals surface area contributed by atoms with Gasteiger partial charge in [-0.15, -0.1) is 0 Å². The van der Waals surface area contributed by atoms with E-state index in [0.717, 1.165) is 99.5 Å². The van der Waals surface area contributed by atoms with E-state index < -0.39 is 0 Å². The van der Waals surface area contributed by atoms with Crippen molar-refractivity contribution in [2.24, 2.45) is 0 Å². The van der Waals surface area contributed by atoms with Gasteiger partial charge in [0.2, 0.25) is 5.89 Å². The average molecular weight is 719 g/mol. The Labute approximate surface area is 320 Å². The number of furan rings is 2. The largest absolute Gasteiger partial charge is 0.456 e. The second kappa shape index (κ2) is 11.9. The minimum absolute atomic E-state index is 0.570. The standard InChI is InChI=1S/C51H30N2O3/c1-2-10-31(11-3-1)33-15-8-16-36(26-33)53(37-22-25-44-42(29-37)49-39-17-7-6-12-32(39)20-24-46(49)54-44)38-21-23-40-47(30-38)55-45-19-9-18-41(50(40)45)51-52-43-27-34-13-4-5-14-35(34)28-48(43)56-51/h1-30H. The molecule has 0 bridgehead atoms. The summed E-state index contributed by atoms with van der Waals surface area (Å²) >= 11 is 0. The highest BCUT2D eigenvalue weighted by Gasteiger charge is 2.21. The molecule has 9 aromatic carbocycles. The normalized spacial score (nSPS) is 11.9. The summed E-state index contributed by atoms with van der Waals surface area (Å²) in [6.45, 7) is 0. The van der Waals surface area contributed by atoms with E-state index in [0.29, 0.717) is 5.89 Å². The van der Waals surface area contributed by atoms with Gasteiger partial charge in [-0.1, -0.05) is 103 Å². The van der Waals surface area contributed by atoms with Crippen LogP contribution in [0.2, 0.25) is 0 Å². The summed E-state index contributed by atoms with van der Waals surface area (Å²) in [5.41, 5.74) is 11.1. The number of fused-ring (bicyclic) bond motifs is 10. The van der Waals surface area contributed by atoms with Gasteiger partial charge in [0.25, 0.3) is 0 Å². The van der Waals surface area contributed by atoms with Crippen molar-refractivity contribution in [3.63, 3.8) is 0 Å². The fourth-order valence-electron chi connectivity index (χ4n) is 8.44. The lowest BCUT2D eigenvalue weighted by atomic mass is 10.0. The maximum Gasteiger partial charge on any atom is 0.228 e. The summed E-state index contributed by atoms with van der Waals surface area (Å²) in [6.07, 6.45) is 0. The van der Waals surface area contributed by atoms with Crippen LogP contribution in [0.1, 0.15) is 0 Å². The van der Waals surface area contributed by atoms with Crippen LogP contribution < -0.4 is 4.90 Å². The van der Waals surface area contributed by atoms with Gasteiger partial charge in [-0.3, -0.25) is 0 Å². The molecule has 0 fully saturated rings. The molecule has 262 valence electrons. The number of benzene rings is 9. The molecule has 5 nitrogen and oxygen atoms in total. The van der Waals surface area contributed by atoms with Crippen LogP contribution in [-0.2, 0) is 0 Å². The Kier molecular flexibility index (Phi) is 6.56. The molecule has 0 aliphatic rings. The highest BCUT2D eigenvalue weighted by atomic mass is 16.4. The van der Waals surface area contributed by atoms with E-state index in [-0.39, 0.29) is 0 Å². The zero-order valence-electron chi connectivity index (χ0n) is 29.9. The molecule has 3 aromatic heterocycles.